The van der Waals surface area contributed by atoms with Gasteiger partial charge in [-0.05, 0) is 44.2 Å². The summed E-state index contributed by atoms with van der Waals surface area (Å²) in [5.74, 6) is 1.86. The summed E-state index contributed by atoms with van der Waals surface area (Å²) >= 11 is 0. The van der Waals surface area contributed by atoms with Crippen LogP contribution in [0.25, 0.3) is 0 Å². The molecule has 1 aromatic heterocycles. The van der Waals surface area contributed by atoms with E-state index in [0.29, 0.717) is 24.4 Å². The number of carbonyl (C=O) groups excluding carboxylic acids is 1. The Kier molecular flexibility index (Phi) is 5.50. The average molecular weight is 335 g/mol. The number of hydrogen-bond acceptors (Lipinski definition) is 6. The number of rotatable bonds is 6. The van der Waals surface area contributed by atoms with E-state index >= 15 is 0 Å². The standard InChI is InChI=1S/C17H29N5O2/c1-12(2)14-10-21(7-4-8-22(14)9-13-5-6-13)11-15-19-16(20-24-15)17(23)18-3/h12-14H,4-11H2,1-3H3,(H,18,23)/t14-/m1/s1. The fourth-order valence-electron chi connectivity index (χ4n) is 3.48. The summed E-state index contributed by atoms with van der Waals surface area (Å²) in [7, 11) is 1.56. The summed E-state index contributed by atoms with van der Waals surface area (Å²) in [5.41, 5.74) is 0. The maximum atomic E-state index is 11.6. The van der Waals surface area contributed by atoms with Crippen LogP contribution in [0.3, 0.4) is 0 Å². The topological polar surface area (TPSA) is 74.5 Å². The monoisotopic (exact) mass is 335 g/mol. The number of aromatic nitrogens is 2. The largest absolute Gasteiger partial charge is 0.352 e. The van der Waals surface area contributed by atoms with Gasteiger partial charge in [0.2, 0.25) is 5.89 Å². The lowest BCUT2D eigenvalue weighted by atomic mass is 10.0. The number of carbonyl (C=O) groups is 1. The van der Waals surface area contributed by atoms with Crippen LogP contribution in [0, 0.1) is 11.8 Å². The van der Waals surface area contributed by atoms with Crippen LogP contribution in [-0.2, 0) is 6.54 Å². The van der Waals surface area contributed by atoms with Crippen molar-refractivity contribution in [2.45, 2.75) is 45.7 Å². The lowest BCUT2D eigenvalue weighted by molar-refractivity contribution is 0.0950. The van der Waals surface area contributed by atoms with E-state index in [0.717, 1.165) is 25.4 Å². The molecule has 7 heteroatoms. The molecule has 1 saturated heterocycles. The zero-order valence-electron chi connectivity index (χ0n) is 15.0. The fraction of sp³-hybridized carbons (Fsp3) is 0.824. The second kappa shape index (κ2) is 7.61. The number of nitrogens with zero attached hydrogens (tertiary/aromatic N) is 4. The molecule has 134 valence electrons. The molecule has 2 aliphatic rings. The van der Waals surface area contributed by atoms with Crippen molar-refractivity contribution in [3.63, 3.8) is 0 Å². The SMILES string of the molecule is CNC(=O)c1noc(CN2CCCN(CC3CC3)[C@@H](C(C)C)C2)n1. The molecule has 0 radical (unpaired) electrons. The third kappa shape index (κ3) is 4.33. The van der Waals surface area contributed by atoms with Crippen LogP contribution in [0.5, 0.6) is 0 Å². The van der Waals surface area contributed by atoms with Gasteiger partial charge in [0.25, 0.3) is 11.7 Å². The van der Waals surface area contributed by atoms with Gasteiger partial charge < -0.3 is 9.84 Å². The molecule has 0 spiro atoms. The molecule has 2 heterocycles. The Morgan fingerprint density at radius 2 is 2.17 bits per heavy atom. The molecule has 2 fully saturated rings. The van der Waals surface area contributed by atoms with Crippen molar-refractivity contribution in [1.82, 2.24) is 25.3 Å². The molecular weight excluding hydrogens is 306 g/mol. The molecule has 3 rings (SSSR count). The second-order valence-corrected chi connectivity index (χ2v) is 7.43. The molecular formula is C17H29N5O2. The third-order valence-corrected chi connectivity index (χ3v) is 5.05. The van der Waals surface area contributed by atoms with Gasteiger partial charge in [0.05, 0.1) is 6.54 Å². The van der Waals surface area contributed by atoms with Crippen molar-refractivity contribution in [2.24, 2.45) is 11.8 Å². The molecule has 24 heavy (non-hydrogen) atoms. The van der Waals surface area contributed by atoms with Gasteiger partial charge in [0.15, 0.2) is 0 Å². The van der Waals surface area contributed by atoms with Gasteiger partial charge in [0, 0.05) is 26.2 Å². The first-order valence-electron chi connectivity index (χ1n) is 9.08. The molecule has 1 aliphatic carbocycles. The molecule has 1 aliphatic heterocycles. The minimum atomic E-state index is -0.309. The molecule has 1 saturated carbocycles. The van der Waals surface area contributed by atoms with Crippen LogP contribution in [-0.4, -0.2) is 65.1 Å². The average Bonchev–Trinajstić information content (AvgIpc) is 3.29. The molecule has 0 unspecified atom stereocenters. The van der Waals surface area contributed by atoms with Gasteiger partial charge in [-0.2, -0.15) is 4.98 Å². The van der Waals surface area contributed by atoms with Crippen LogP contribution in [0.2, 0.25) is 0 Å². The predicted molar refractivity (Wildman–Crippen MR) is 90.5 cm³/mol. The highest BCUT2D eigenvalue weighted by Gasteiger charge is 2.32. The molecule has 1 N–H and O–H groups in total. The first-order chi connectivity index (χ1) is 11.6. The van der Waals surface area contributed by atoms with Crippen LogP contribution in [0.1, 0.15) is 49.6 Å². The highest BCUT2D eigenvalue weighted by atomic mass is 16.5. The van der Waals surface area contributed by atoms with E-state index in [9.17, 15) is 4.79 Å². The van der Waals surface area contributed by atoms with E-state index in [1.54, 1.807) is 7.05 Å². The minimum Gasteiger partial charge on any atom is -0.352 e. The first-order valence-corrected chi connectivity index (χ1v) is 9.08. The zero-order chi connectivity index (χ0) is 17.1. The van der Waals surface area contributed by atoms with Gasteiger partial charge in [-0.3, -0.25) is 14.6 Å². The molecule has 1 aromatic rings. The van der Waals surface area contributed by atoms with E-state index in [2.05, 4.69) is 39.1 Å². The van der Waals surface area contributed by atoms with Crippen molar-refractivity contribution in [2.75, 3.05) is 33.2 Å². The number of nitrogens with one attached hydrogen (secondary N) is 1. The molecule has 7 nitrogen and oxygen atoms in total. The van der Waals surface area contributed by atoms with E-state index in [1.807, 2.05) is 0 Å². The normalized spacial score (nSPS) is 23.4. The van der Waals surface area contributed by atoms with E-state index in [-0.39, 0.29) is 11.7 Å². The Balaban J connectivity index is 1.62. The lowest BCUT2D eigenvalue weighted by Crippen LogP contribution is -2.45. The third-order valence-electron chi connectivity index (χ3n) is 5.05. The van der Waals surface area contributed by atoms with E-state index in [4.69, 9.17) is 4.52 Å². The predicted octanol–water partition coefficient (Wildman–Crippen LogP) is 1.37. The van der Waals surface area contributed by atoms with Crippen LogP contribution >= 0.6 is 0 Å². The van der Waals surface area contributed by atoms with Crippen LogP contribution < -0.4 is 5.32 Å². The zero-order valence-corrected chi connectivity index (χ0v) is 15.0. The van der Waals surface area contributed by atoms with E-state index < -0.39 is 0 Å². The van der Waals surface area contributed by atoms with Gasteiger partial charge in [-0.1, -0.05) is 19.0 Å². The van der Waals surface area contributed by atoms with Crippen molar-refractivity contribution in [1.29, 1.82) is 0 Å². The van der Waals surface area contributed by atoms with Gasteiger partial charge >= 0.3 is 0 Å². The Morgan fingerprint density at radius 1 is 1.38 bits per heavy atom. The number of amides is 1. The Bertz CT molecular complexity index is 555. The first kappa shape index (κ1) is 17.4. The van der Waals surface area contributed by atoms with Crippen molar-refractivity contribution in [3.05, 3.63) is 11.7 Å². The van der Waals surface area contributed by atoms with E-state index in [1.165, 1.54) is 25.9 Å². The highest BCUT2D eigenvalue weighted by molar-refractivity contribution is 5.89. The molecule has 0 bridgehead atoms. The smallest absolute Gasteiger partial charge is 0.292 e. The van der Waals surface area contributed by atoms with Gasteiger partial charge in [-0.15, -0.1) is 0 Å². The maximum absolute atomic E-state index is 11.6. The second-order valence-electron chi connectivity index (χ2n) is 7.43. The summed E-state index contributed by atoms with van der Waals surface area (Å²) in [6.07, 6.45) is 3.96. The highest BCUT2D eigenvalue weighted by Crippen LogP contribution is 2.32. The molecule has 1 atom stereocenters. The van der Waals surface area contributed by atoms with Crippen LogP contribution in [0.4, 0.5) is 0 Å². The summed E-state index contributed by atoms with van der Waals surface area (Å²) in [4.78, 5) is 20.8. The van der Waals surface area contributed by atoms with Crippen LogP contribution in [0.15, 0.2) is 4.52 Å². The van der Waals surface area contributed by atoms with Crippen molar-refractivity contribution >= 4 is 5.91 Å². The maximum Gasteiger partial charge on any atom is 0.292 e. The summed E-state index contributed by atoms with van der Waals surface area (Å²) in [5, 5.41) is 6.27. The Morgan fingerprint density at radius 3 is 2.83 bits per heavy atom. The Hall–Kier alpha value is -1.47. The van der Waals surface area contributed by atoms with Crippen molar-refractivity contribution in [3.8, 4) is 0 Å². The van der Waals surface area contributed by atoms with Gasteiger partial charge in [0.1, 0.15) is 0 Å². The van der Waals surface area contributed by atoms with Gasteiger partial charge in [-0.25, -0.2) is 0 Å². The van der Waals surface area contributed by atoms with Crippen molar-refractivity contribution < 1.29 is 9.32 Å². The minimum absolute atomic E-state index is 0.109. The summed E-state index contributed by atoms with van der Waals surface area (Å²) in [6.45, 7) is 9.70. The Labute approximate surface area is 143 Å². The molecule has 0 aromatic carbocycles. The lowest BCUT2D eigenvalue weighted by Gasteiger charge is -2.34. The summed E-state index contributed by atoms with van der Waals surface area (Å²) in [6, 6.07) is 0.564. The summed E-state index contributed by atoms with van der Waals surface area (Å²) < 4.78 is 5.25. The quantitative estimate of drug-likeness (QED) is 0.846. The number of hydrogen-bond donors (Lipinski definition) is 1. The fourth-order valence-corrected chi connectivity index (χ4v) is 3.48. The molecule has 1 amide bonds.